The molecule has 0 amide bonds. The highest BCUT2D eigenvalue weighted by molar-refractivity contribution is 6.35. The van der Waals surface area contributed by atoms with Gasteiger partial charge in [0.15, 0.2) is 0 Å². The molecule has 3 aromatic carbocycles. The summed E-state index contributed by atoms with van der Waals surface area (Å²) in [5.74, 6) is 0.700. The highest BCUT2D eigenvalue weighted by atomic mass is 35.5. The molecule has 0 heterocycles. The largest absolute Gasteiger partial charge is 0.489 e. The molecule has 0 aromatic heterocycles. The zero-order chi connectivity index (χ0) is 19.8. The van der Waals surface area contributed by atoms with Crippen molar-refractivity contribution in [3.8, 4) is 11.8 Å². The van der Waals surface area contributed by atoms with E-state index in [1.165, 1.54) is 0 Å². The van der Waals surface area contributed by atoms with Crippen LogP contribution in [0, 0.1) is 11.3 Å². The van der Waals surface area contributed by atoms with Crippen LogP contribution in [0.3, 0.4) is 0 Å². The van der Waals surface area contributed by atoms with Crippen LogP contribution in [0.4, 0.5) is 0 Å². The first-order chi connectivity index (χ1) is 13.7. The van der Waals surface area contributed by atoms with Crippen LogP contribution in [0.25, 0.3) is 0 Å². The Hall–Kier alpha value is -3.00. The first kappa shape index (κ1) is 19.8. The molecule has 0 aliphatic heterocycles. The number of benzene rings is 3. The van der Waals surface area contributed by atoms with Crippen molar-refractivity contribution >= 4 is 29.4 Å². The lowest BCUT2D eigenvalue weighted by Crippen LogP contribution is -2.06. The summed E-state index contributed by atoms with van der Waals surface area (Å²) in [7, 11) is 0. The number of hydrogen-bond acceptors (Lipinski definition) is 4. The third-order valence-corrected chi connectivity index (χ3v) is 4.72. The monoisotopic (exact) mass is 409 g/mol. The van der Waals surface area contributed by atoms with Crippen LogP contribution in [0.5, 0.6) is 5.75 Å². The maximum Gasteiger partial charge on any atom is 0.120 e. The average molecular weight is 410 g/mol. The van der Waals surface area contributed by atoms with Gasteiger partial charge in [-0.05, 0) is 35.9 Å². The van der Waals surface area contributed by atoms with Gasteiger partial charge in [-0.25, -0.2) is 0 Å². The van der Waals surface area contributed by atoms with Crippen LogP contribution >= 0.6 is 23.2 Å². The van der Waals surface area contributed by atoms with E-state index in [2.05, 4.69) is 16.6 Å². The van der Waals surface area contributed by atoms with Crippen molar-refractivity contribution in [2.45, 2.75) is 13.2 Å². The van der Waals surface area contributed by atoms with E-state index >= 15 is 0 Å². The van der Waals surface area contributed by atoms with Gasteiger partial charge in [0, 0.05) is 21.2 Å². The fourth-order valence-electron chi connectivity index (χ4n) is 2.55. The van der Waals surface area contributed by atoms with Crippen LogP contribution in [0.1, 0.15) is 22.3 Å². The molecule has 0 bridgehead atoms. The Kier molecular flexibility index (Phi) is 6.91. The predicted molar refractivity (Wildman–Crippen MR) is 113 cm³/mol. The first-order valence-electron chi connectivity index (χ1n) is 8.57. The molecule has 0 atom stereocenters. The molecule has 140 valence electrons. The maximum atomic E-state index is 9.15. The van der Waals surface area contributed by atoms with E-state index in [0.717, 1.165) is 16.7 Å². The summed E-state index contributed by atoms with van der Waals surface area (Å²) in [6.07, 6.45) is 1.70. The van der Waals surface area contributed by atoms with Crippen LogP contribution in [0.15, 0.2) is 71.8 Å². The van der Waals surface area contributed by atoms with Crippen molar-refractivity contribution in [2.75, 3.05) is 0 Å². The minimum Gasteiger partial charge on any atom is -0.489 e. The molecule has 0 aliphatic rings. The van der Waals surface area contributed by atoms with Gasteiger partial charge in [0.25, 0.3) is 0 Å². The van der Waals surface area contributed by atoms with E-state index in [1.54, 1.807) is 30.5 Å². The Bertz CT molecular complexity index is 1010. The Morgan fingerprint density at radius 1 is 1.00 bits per heavy atom. The number of rotatable bonds is 7. The lowest BCUT2D eigenvalue weighted by atomic mass is 10.1. The van der Waals surface area contributed by atoms with E-state index < -0.39 is 0 Å². The van der Waals surface area contributed by atoms with Crippen molar-refractivity contribution < 1.29 is 4.74 Å². The maximum absolute atomic E-state index is 9.15. The van der Waals surface area contributed by atoms with Crippen LogP contribution in [-0.4, -0.2) is 6.21 Å². The molecule has 0 aliphatic carbocycles. The molecular weight excluding hydrogens is 393 g/mol. The summed E-state index contributed by atoms with van der Waals surface area (Å²) in [6, 6.07) is 22.5. The van der Waals surface area contributed by atoms with Crippen molar-refractivity contribution in [3.63, 3.8) is 0 Å². The van der Waals surface area contributed by atoms with Gasteiger partial charge in [-0.3, -0.25) is 0 Å². The molecule has 6 heteroatoms. The summed E-state index contributed by atoms with van der Waals surface area (Å²) in [6.45, 7) is 0.754. The Balaban J connectivity index is 1.59. The first-order valence-corrected chi connectivity index (χ1v) is 9.32. The van der Waals surface area contributed by atoms with E-state index in [9.17, 15) is 0 Å². The molecule has 1 N–H and O–H groups in total. The second kappa shape index (κ2) is 9.80. The van der Waals surface area contributed by atoms with E-state index in [0.29, 0.717) is 34.5 Å². The number of nitrogens with one attached hydrogen (secondary N) is 1. The molecule has 0 fully saturated rings. The highest BCUT2D eigenvalue weighted by Crippen LogP contribution is 2.23. The molecular formula is C22H17Cl2N3O. The summed E-state index contributed by atoms with van der Waals surface area (Å²) in [4.78, 5) is 0. The zero-order valence-corrected chi connectivity index (χ0v) is 16.4. The van der Waals surface area contributed by atoms with Gasteiger partial charge in [0.05, 0.1) is 24.4 Å². The smallest absolute Gasteiger partial charge is 0.120 e. The minimum atomic E-state index is 0.327. The molecule has 0 radical (unpaired) electrons. The standard InChI is InChI=1S/C22H17Cl2N3O/c23-21-9-4-10-22(24)20(21)14-27-26-13-16-5-3-8-19(11-16)28-15-18-7-2-1-6-17(18)12-25/h1-11,13,27H,14-15H2/b26-13-. The SMILES string of the molecule is N#Cc1ccccc1COc1cccc(/C=N\NCc2c(Cl)cccc2Cl)c1. The molecule has 0 unspecified atom stereocenters. The predicted octanol–water partition coefficient (Wildman–Crippen LogP) is 5.57. The minimum absolute atomic E-state index is 0.327. The Labute approximate surface area is 174 Å². The lowest BCUT2D eigenvalue weighted by molar-refractivity contribution is 0.306. The normalized spacial score (nSPS) is 10.6. The van der Waals surface area contributed by atoms with Gasteiger partial charge in [-0.2, -0.15) is 10.4 Å². The average Bonchev–Trinajstić information content (AvgIpc) is 2.72. The van der Waals surface area contributed by atoms with E-state index in [4.69, 9.17) is 33.2 Å². The van der Waals surface area contributed by atoms with Crippen LogP contribution in [0.2, 0.25) is 10.0 Å². The second-order valence-electron chi connectivity index (χ2n) is 5.92. The number of hydrogen-bond donors (Lipinski definition) is 1. The molecule has 0 saturated carbocycles. The van der Waals surface area contributed by atoms with Gasteiger partial charge >= 0.3 is 0 Å². The third kappa shape index (κ3) is 5.26. The summed E-state index contributed by atoms with van der Waals surface area (Å²) in [5.41, 5.74) is 6.09. The summed E-state index contributed by atoms with van der Waals surface area (Å²) in [5, 5.41) is 14.6. The number of nitriles is 1. The van der Waals surface area contributed by atoms with Crippen molar-refractivity contribution in [1.82, 2.24) is 5.43 Å². The topological polar surface area (TPSA) is 57.4 Å². The van der Waals surface area contributed by atoms with Gasteiger partial charge in [-0.1, -0.05) is 59.6 Å². The van der Waals surface area contributed by atoms with Gasteiger partial charge in [0.2, 0.25) is 0 Å². The molecule has 0 spiro atoms. The van der Waals surface area contributed by atoms with Gasteiger partial charge in [0.1, 0.15) is 12.4 Å². The van der Waals surface area contributed by atoms with Crippen molar-refractivity contribution in [1.29, 1.82) is 5.26 Å². The molecule has 3 aromatic rings. The summed E-state index contributed by atoms with van der Waals surface area (Å²) >= 11 is 12.3. The second-order valence-corrected chi connectivity index (χ2v) is 6.74. The highest BCUT2D eigenvalue weighted by Gasteiger charge is 2.04. The van der Waals surface area contributed by atoms with E-state index in [1.807, 2.05) is 42.5 Å². The molecule has 3 rings (SSSR count). The lowest BCUT2D eigenvalue weighted by Gasteiger charge is -2.08. The van der Waals surface area contributed by atoms with Gasteiger partial charge in [-0.15, -0.1) is 0 Å². The van der Waals surface area contributed by atoms with Crippen molar-refractivity contribution in [2.24, 2.45) is 5.10 Å². The van der Waals surface area contributed by atoms with Gasteiger partial charge < -0.3 is 10.2 Å². The molecule has 28 heavy (non-hydrogen) atoms. The number of nitrogens with zero attached hydrogens (tertiary/aromatic N) is 2. The number of halogens is 2. The summed E-state index contributed by atoms with van der Waals surface area (Å²) < 4.78 is 5.81. The van der Waals surface area contributed by atoms with E-state index in [-0.39, 0.29) is 0 Å². The number of hydrazone groups is 1. The third-order valence-electron chi connectivity index (χ3n) is 4.01. The fraction of sp³-hybridized carbons (Fsp3) is 0.0909. The molecule has 0 saturated heterocycles. The Morgan fingerprint density at radius 3 is 2.54 bits per heavy atom. The molecule has 4 nitrogen and oxygen atoms in total. The quantitative estimate of drug-likeness (QED) is 0.409. The Morgan fingerprint density at radius 2 is 1.75 bits per heavy atom. The zero-order valence-electron chi connectivity index (χ0n) is 14.9. The van der Waals surface area contributed by atoms with Crippen molar-refractivity contribution in [3.05, 3.63) is 99.0 Å². The number of ether oxygens (including phenoxy) is 1. The fourth-order valence-corrected chi connectivity index (χ4v) is 3.08. The van der Waals surface area contributed by atoms with Crippen LogP contribution in [-0.2, 0) is 13.2 Å². The van der Waals surface area contributed by atoms with Crippen LogP contribution < -0.4 is 10.2 Å².